The number of aliphatic hydroxyl groups excluding tert-OH is 1. The van der Waals surface area contributed by atoms with Crippen molar-refractivity contribution in [2.24, 2.45) is 0 Å². The van der Waals surface area contributed by atoms with Gasteiger partial charge >= 0.3 is 0 Å². The van der Waals surface area contributed by atoms with E-state index in [0.717, 1.165) is 12.0 Å². The first kappa shape index (κ1) is 23.4. The van der Waals surface area contributed by atoms with Crippen molar-refractivity contribution < 1.29 is 28.6 Å². The molecule has 1 N–H and O–H groups in total. The third-order valence-electron chi connectivity index (χ3n) is 5.58. The second kappa shape index (κ2) is 9.65. The molecule has 34 heavy (non-hydrogen) atoms. The number of methoxy groups -OCH3 is 1. The summed E-state index contributed by atoms with van der Waals surface area (Å²) in [6, 6.07) is 12.2. The number of hydrogen-bond donors (Lipinski definition) is 1. The largest absolute Gasteiger partial charge is 0.507 e. The molecule has 176 valence electrons. The Bertz CT molecular complexity index is 1260. The number of aliphatic hydroxyl groups is 1. The molecular weight excluding hydrogens is 458 g/mol. The predicted octanol–water partition coefficient (Wildman–Crippen LogP) is 5.67. The fourth-order valence-electron chi connectivity index (χ4n) is 3.95. The Hall–Kier alpha value is -3.71. The first-order valence-electron chi connectivity index (χ1n) is 10.8. The lowest BCUT2D eigenvalue weighted by Gasteiger charge is -2.24. The quantitative estimate of drug-likeness (QED) is 0.266. The summed E-state index contributed by atoms with van der Waals surface area (Å²) in [6.07, 6.45) is 2.31. The van der Waals surface area contributed by atoms with E-state index in [4.69, 9.17) is 25.5 Å². The Balaban J connectivity index is 1.84. The van der Waals surface area contributed by atoms with Crippen molar-refractivity contribution in [2.45, 2.75) is 26.3 Å². The van der Waals surface area contributed by atoms with Crippen LogP contribution in [0.3, 0.4) is 0 Å². The van der Waals surface area contributed by atoms with Crippen molar-refractivity contribution in [1.29, 1.82) is 0 Å². The third kappa shape index (κ3) is 4.15. The number of nitrogens with zero attached hydrogens (tertiary/aromatic N) is 1. The van der Waals surface area contributed by atoms with Gasteiger partial charge in [0.05, 0.1) is 30.6 Å². The van der Waals surface area contributed by atoms with Crippen LogP contribution >= 0.6 is 11.6 Å². The van der Waals surface area contributed by atoms with Gasteiger partial charge in [-0.25, -0.2) is 0 Å². The van der Waals surface area contributed by atoms with Gasteiger partial charge in [0, 0.05) is 11.3 Å². The molecule has 2 heterocycles. The van der Waals surface area contributed by atoms with Crippen LogP contribution in [0.2, 0.25) is 5.02 Å². The Morgan fingerprint density at radius 1 is 1.15 bits per heavy atom. The zero-order valence-electron chi connectivity index (χ0n) is 19.0. The zero-order chi connectivity index (χ0) is 24.4. The van der Waals surface area contributed by atoms with Gasteiger partial charge < -0.3 is 19.0 Å². The Kier molecular flexibility index (Phi) is 6.65. The highest BCUT2D eigenvalue weighted by Crippen LogP contribution is 2.44. The summed E-state index contributed by atoms with van der Waals surface area (Å²) >= 11 is 6.28. The lowest BCUT2D eigenvalue weighted by molar-refractivity contribution is -0.132. The van der Waals surface area contributed by atoms with Crippen molar-refractivity contribution >= 4 is 34.7 Å². The van der Waals surface area contributed by atoms with Crippen LogP contribution in [-0.4, -0.2) is 30.5 Å². The summed E-state index contributed by atoms with van der Waals surface area (Å²) in [5.74, 6) is -0.482. The molecular formula is C26H24ClNO6. The second-order valence-electron chi connectivity index (χ2n) is 7.83. The topological polar surface area (TPSA) is 89.2 Å². The third-order valence-corrected chi connectivity index (χ3v) is 5.88. The van der Waals surface area contributed by atoms with E-state index < -0.39 is 17.7 Å². The van der Waals surface area contributed by atoms with E-state index >= 15 is 0 Å². The van der Waals surface area contributed by atoms with Crippen LogP contribution in [-0.2, 0) is 9.59 Å². The number of carbonyl (C=O) groups excluding carboxylic acids is 2. The maximum absolute atomic E-state index is 13.2. The summed E-state index contributed by atoms with van der Waals surface area (Å²) < 4.78 is 16.5. The lowest BCUT2D eigenvalue weighted by atomic mass is 9.98. The molecule has 1 aliphatic heterocycles. The number of carbonyl (C=O) groups is 2. The first-order chi connectivity index (χ1) is 16.4. The first-order valence-corrected chi connectivity index (χ1v) is 11.2. The van der Waals surface area contributed by atoms with E-state index in [1.54, 1.807) is 42.5 Å². The van der Waals surface area contributed by atoms with Crippen LogP contribution in [0.25, 0.3) is 5.76 Å². The van der Waals surface area contributed by atoms with Crippen LogP contribution < -0.4 is 14.4 Å². The zero-order valence-corrected chi connectivity index (χ0v) is 19.8. The van der Waals surface area contributed by atoms with Crippen molar-refractivity contribution in [3.05, 3.63) is 82.3 Å². The average Bonchev–Trinajstić information content (AvgIpc) is 3.44. The molecule has 0 radical (unpaired) electrons. The molecule has 1 unspecified atom stereocenters. The number of aryl methyl sites for hydroxylation is 1. The molecule has 1 atom stereocenters. The Morgan fingerprint density at radius 3 is 2.53 bits per heavy atom. The summed E-state index contributed by atoms with van der Waals surface area (Å²) in [6.45, 7) is 4.43. The molecule has 0 bridgehead atoms. The highest BCUT2D eigenvalue weighted by Gasteiger charge is 2.48. The van der Waals surface area contributed by atoms with Crippen LogP contribution in [0.4, 0.5) is 5.69 Å². The van der Waals surface area contributed by atoms with Gasteiger partial charge in [-0.1, -0.05) is 18.5 Å². The number of benzene rings is 2. The molecule has 0 saturated carbocycles. The van der Waals surface area contributed by atoms with Crippen LogP contribution in [0.15, 0.2) is 64.8 Å². The van der Waals surface area contributed by atoms with Gasteiger partial charge in [0.25, 0.3) is 11.7 Å². The van der Waals surface area contributed by atoms with E-state index in [1.807, 2.05) is 13.8 Å². The molecule has 0 aliphatic carbocycles. The van der Waals surface area contributed by atoms with Crippen LogP contribution in [0.1, 0.15) is 36.3 Å². The average molecular weight is 482 g/mol. The highest BCUT2D eigenvalue weighted by atomic mass is 35.5. The van der Waals surface area contributed by atoms with Gasteiger partial charge in [0.1, 0.15) is 29.1 Å². The number of ether oxygens (including phenoxy) is 2. The summed E-state index contributed by atoms with van der Waals surface area (Å²) in [7, 11) is 1.48. The highest BCUT2D eigenvalue weighted by molar-refractivity contribution is 6.51. The molecule has 1 aromatic heterocycles. The number of halogens is 1. The number of Topliss-reactive ketones (excluding diaryl/α,β-unsaturated/α-hetero) is 1. The van der Waals surface area contributed by atoms with Gasteiger partial charge in [0.2, 0.25) is 0 Å². The minimum atomic E-state index is -0.976. The molecule has 4 rings (SSSR count). The Labute approximate surface area is 202 Å². The van der Waals surface area contributed by atoms with Crippen LogP contribution in [0.5, 0.6) is 11.5 Å². The van der Waals surface area contributed by atoms with Crippen molar-refractivity contribution in [3.63, 3.8) is 0 Å². The van der Waals surface area contributed by atoms with Crippen LogP contribution in [0, 0.1) is 6.92 Å². The van der Waals surface area contributed by atoms with Gasteiger partial charge in [-0.2, -0.15) is 0 Å². The number of anilines is 1. The lowest BCUT2D eigenvalue weighted by Crippen LogP contribution is -2.29. The smallest absolute Gasteiger partial charge is 0.300 e. The number of amides is 1. The number of rotatable bonds is 7. The van der Waals surface area contributed by atoms with Gasteiger partial charge in [-0.15, -0.1) is 0 Å². The van der Waals surface area contributed by atoms with E-state index in [1.165, 1.54) is 24.3 Å². The van der Waals surface area contributed by atoms with Gasteiger partial charge in [-0.05, 0) is 67.4 Å². The normalized spacial score (nSPS) is 17.3. The molecule has 0 spiro atoms. The standard InChI is InChI=1S/C26H24ClNO6/c1-4-11-33-19-9-7-16(13-15(19)2)24(29)22-23(21-6-5-12-34-21)28(26(31)25(22)30)17-8-10-20(32-3)18(27)14-17/h5-10,12-14,23,29H,4,11H2,1-3H3/b24-22-. The van der Waals surface area contributed by atoms with Crippen molar-refractivity contribution in [3.8, 4) is 11.5 Å². The number of ketones is 1. The van der Waals surface area contributed by atoms with Gasteiger partial charge in [-0.3, -0.25) is 14.5 Å². The maximum Gasteiger partial charge on any atom is 0.300 e. The van der Waals surface area contributed by atoms with E-state index in [2.05, 4.69) is 0 Å². The van der Waals surface area contributed by atoms with Crippen molar-refractivity contribution in [2.75, 3.05) is 18.6 Å². The molecule has 1 fully saturated rings. The molecule has 3 aromatic rings. The second-order valence-corrected chi connectivity index (χ2v) is 8.24. The predicted molar refractivity (Wildman–Crippen MR) is 128 cm³/mol. The van der Waals surface area contributed by atoms with E-state index in [-0.39, 0.29) is 16.4 Å². The van der Waals surface area contributed by atoms with E-state index in [0.29, 0.717) is 35.1 Å². The molecule has 2 aromatic carbocycles. The Morgan fingerprint density at radius 2 is 1.91 bits per heavy atom. The monoisotopic (exact) mass is 481 g/mol. The number of furan rings is 1. The minimum Gasteiger partial charge on any atom is -0.507 e. The molecule has 7 nitrogen and oxygen atoms in total. The van der Waals surface area contributed by atoms with Gasteiger partial charge in [0.15, 0.2) is 0 Å². The molecule has 8 heteroatoms. The van der Waals surface area contributed by atoms with E-state index in [9.17, 15) is 14.7 Å². The SMILES string of the molecule is CCCOc1ccc(/C(O)=C2/C(=O)C(=O)N(c3ccc(OC)c(Cl)c3)C2c2ccco2)cc1C. The molecule has 1 aliphatic rings. The minimum absolute atomic E-state index is 0.0754. The number of hydrogen-bond acceptors (Lipinski definition) is 6. The fourth-order valence-corrected chi connectivity index (χ4v) is 4.20. The maximum atomic E-state index is 13.2. The molecule has 1 amide bonds. The summed E-state index contributed by atoms with van der Waals surface area (Å²) in [5.41, 5.74) is 1.48. The molecule has 1 saturated heterocycles. The fraction of sp³-hybridized carbons (Fsp3) is 0.231. The van der Waals surface area contributed by atoms with Crippen molar-refractivity contribution in [1.82, 2.24) is 0 Å². The summed E-state index contributed by atoms with van der Waals surface area (Å²) in [5, 5.41) is 11.5. The summed E-state index contributed by atoms with van der Waals surface area (Å²) in [4.78, 5) is 27.6.